The summed E-state index contributed by atoms with van der Waals surface area (Å²) in [6.45, 7) is 2.53. The molecule has 1 heterocycles. The number of nitrogens with zero attached hydrogens (tertiary/aromatic N) is 1. The third-order valence-electron chi connectivity index (χ3n) is 8.17. The van der Waals surface area contributed by atoms with Gasteiger partial charge in [-0.1, -0.05) is 36.3 Å². The molecule has 2 aromatic carbocycles. The second-order valence-corrected chi connectivity index (χ2v) is 10.6. The summed E-state index contributed by atoms with van der Waals surface area (Å²) in [5, 5.41) is 0. The molecule has 0 aromatic heterocycles. The average molecular weight is 482 g/mol. The minimum Gasteiger partial charge on any atom is -0.299 e. The van der Waals surface area contributed by atoms with Crippen molar-refractivity contribution in [2.45, 2.75) is 76.9 Å². The van der Waals surface area contributed by atoms with Crippen LogP contribution in [0.15, 0.2) is 48.0 Å². The zero-order valence-corrected chi connectivity index (χ0v) is 20.3. The molecule has 0 bridgehead atoms. The molecule has 0 radical (unpaired) electrons. The SMILES string of the molecule is O=C(CCC1CCN(Cc2ccc(C(F)(F)F)cc2)CC1)c1ccc2c(c1)C1=C(CCCCC1)C2. The van der Waals surface area contributed by atoms with Crippen LogP contribution in [0.4, 0.5) is 13.2 Å². The molecule has 2 aliphatic carbocycles. The largest absolute Gasteiger partial charge is 0.416 e. The van der Waals surface area contributed by atoms with Gasteiger partial charge in [0.05, 0.1) is 5.56 Å². The maximum absolute atomic E-state index is 13.0. The third kappa shape index (κ3) is 5.72. The standard InChI is InChI=1S/C30H34F3NO/c31-30(32,33)26-11-6-22(7-12-26)20-34-16-14-21(15-17-34)8-13-29(35)25-10-9-24-18-23-4-2-1-3-5-27(23)28(24)19-25/h6-7,9-12,19,21H,1-5,8,13-18,20H2. The summed E-state index contributed by atoms with van der Waals surface area (Å²) >= 11 is 0. The minimum atomic E-state index is -4.29. The van der Waals surface area contributed by atoms with Crippen molar-refractivity contribution in [3.63, 3.8) is 0 Å². The normalized spacial score (nSPS) is 19.4. The predicted molar refractivity (Wildman–Crippen MR) is 133 cm³/mol. The van der Waals surface area contributed by atoms with Crippen LogP contribution in [0.3, 0.4) is 0 Å². The Hall–Kier alpha value is -2.40. The number of fused-ring (bicyclic) bond motifs is 2. The van der Waals surface area contributed by atoms with Gasteiger partial charge < -0.3 is 0 Å². The van der Waals surface area contributed by atoms with Gasteiger partial charge in [-0.05, 0) is 111 Å². The van der Waals surface area contributed by atoms with Crippen LogP contribution >= 0.6 is 0 Å². The quantitative estimate of drug-likeness (QED) is 0.392. The van der Waals surface area contributed by atoms with E-state index in [2.05, 4.69) is 17.0 Å². The van der Waals surface area contributed by atoms with E-state index in [4.69, 9.17) is 0 Å². The van der Waals surface area contributed by atoms with E-state index in [1.54, 1.807) is 17.7 Å². The lowest BCUT2D eigenvalue weighted by molar-refractivity contribution is -0.137. The first-order valence-corrected chi connectivity index (χ1v) is 13.1. The van der Waals surface area contributed by atoms with Crippen molar-refractivity contribution in [1.82, 2.24) is 4.90 Å². The van der Waals surface area contributed by atoms with Crippen LogP contribution in [0.2, 0.25) is 0 Å². The first-order chi connectivity index (χ1) is 16.9. The molecule has 0 amide bonds. The predicted octanol–water partition coefficient (Wildman–Crippen LogP) is 7.85. The first kappa shape index (κ1) is 24.3. The summed E-state index contributed by atoms with van der Waals surface area (Å²) in [7, 11) is 0. The van der Waals surface area contributed by atoms with E-state index < -0.39 is 11.7 Å². The lowest BCUT2D eigenvalue weighted by atomic mass is 9.89. The van der Waals surface area contributed by atoms with Gasteiger partial charge in [0.2, 0.25) is 0 Å². The van der Waals surface area contributed by atoms with Crippen LogP contribution < -0.4 is 0 Å². The number of piperidine rings is 1. The number of hydrogen-bond acceptors (Lipinski definition) is 2. The summed E-state index contributed by atoms with van der Waals surface area (Å²) < 4.78 is 38.3. The number of allylic oxidation sites excluding steroid dienone is 2. The van der Waals surface area contributed by atoms with E-state index in [1.165, 1.54) is 54.5 Å². The highest BCUT2D eigenvalue weighted by Gasteiger charge is 2.30. The van der Waals surface area contributed by atoms with E-state index in [0.29, 0.717) is 18.9 Å². The molecule has 0 atom stereocenters. The zero-order chi connectivity index (χ0) is 24.4. The Kier molecular flexibility index (Phi) is 7.15. The van der Waals surface area contributed by atoms with Gasteiger partial charge in [-0.2, -0.15) is 13.2 Å². The highest BCUT2D eigenvalue weighted by molar-refractivity contribution is 5.97. The molecule has 2 nitrogen and oxygen atoms in total. The lowest BCUT2D eigenvalue weighted by Gasteiger charge is -2.32. The monoisotopic (exact) mass is 481 g/mol. The Bertz CT molecular complexity index is 1090. The van der Waals surface area contributed by atoms with E-state index in [1.807, 2.05) is 6.07 Å². The van der Waals surface area contributed by atoms with E-state index in [9.17, 15) is 18.0 Å². The fraction of sp³-hybridized carbons (Fsp3) is 0.500. The number of Topliss-reactive ketones (excluding diaryl/α,β-unsaturated/α-hetero) is 1. The molecule has 35 heavy (non-hydrogen) atoms. The highest BCUT2D eigenvalue weighted by Crippen LogP contribution is 2.41. The van der Waals surface area contributed by atoms with Crippen molar-refractivity contribution in [2.24, 2.45) is 5.92 Å². The van der Waals surface area contributed by atoms with Crippen LogP contribution in [0.25, 0.3) is 5.57 Å². The molecular weight excluding hydrogens is 447 g/mol. The number of rotatable bonds is 6. The molecule has 1 fully saturated rings. The molecule has 2 aromatic rings. The number of carbonyl (C=O) groups is 1. The summed E-state index contributed by atoms with van der Waals surface area (Å²) in [5.41, 5.74) is 7.03. The molecule has 186 valence electrons. The molecule has 3 aliphatic rings. The Morgan fingerprint density at radius 2 is 1.69 bits per heavy atom. The number of alkyl halides is 3. The van der Waals surface area contributed by atoms with Gasteiger partial charge in [-0.25, -0.2) is 0 Å². The van der Waals surface area contributed by atoms with Crippen molar-refractivity contribution in [3.05, 3.63) is 75.9 Å². The Balaban J connectivity index is 1.10. The molecule has 1 saturated heterocycles. The van der Waals surface area contributed by atoms with Gasteiger partial charge >= 0.3 is 6.18 Å². The molecule has 5 heteroatoms. The van der Waals surface area contributed by atoms with Crippen LogP contribution in [0.1, 0.15) is 90.4 Å². The molecular formula is C30H34F3NO. The molecule has 0 spiro atoms. The van der Waals surface area contributed by atoms with Crippen molar-refractivity contribution >= 4 is 11.4 Å². The number of likely N-dealkylation sites (tertiary alicyclic amines) is 1. The Morgan fingerprint density at radius 1 is 0.943 bits per heavy atom. The smallest absolute Gasteiger partial charge is 0.299 e. The lowest BCUT2D eigenvalue weighted by Crippen LogP contribution is -2.33. The second kappa shape index (κ2) is 10.3. The van der Waals surface area contributed by atoms with Gasteiger partial charge in [0.1, 0.15) is 0 Å². The zero-order valence-electron chi connectivity index (χ0n) is 20.3. The first-order valence-electron chi connectivity index (χ1n) is 13.1. The molecule has 1 aliphatic heterocycles. The van der Waals surface area contributed by atoms with Gasteiger partial charge in [0.15, 0.2) is 5.78 Å². The summed E-state index contributed by atoms with van der Waals surface area (Å²) in [5.74, 6) is 0.788. The Labute approximate surface area is 206 Å². The highest BCUT2D eigenvalue weighted by atomic mass is 19.4. The summed E-state index contributed by atoms with van der Waals surface area (Å²) in [4.78, 5) is 15.3. The van der Waals surface area contributed by atoms with Gasteiger partial charge in [-0.15, -0.1) is 0 Å². The van der Waals surface area contributed by atoms with Gasteiger partial charge in [0.25, 0.3) is 0 Å². The fourth-order valence-electron chi connectivity index (χ4n) is 6.05. The number of ketones is 1. The maximum Gasteiger partial charge on any atom is 0.416 e. The summed E-state index contributed by atoms with van der Waals surface area (Å²) in [6.07, 6.45) is 6.60. The molecule has 0 N–H and O–H groups in total. The third-order valence-corrected chi connectivity index (χ3v) is 8.17. The van der Waals surface area contributed by atoms with Crippen LogP contribution in [0, 0.1) is 5.92 Å². The minimum absolute atomic E-state index is 0.252. The number of halogens is 3. The Morgan fingerprint density at radius 3 is 2.43 bits per heavy atom. The molecule has 0 saturated carbocycles. The van der Waals surface area contributed by atoms with Crippen molar-refractivity contribution in [2.75, 3.05) is 13.1 Å². The van der Waals surface area contributed by atoms with Gasteiger partial charge in [-0.3, -0.25) is 9.69 Å². The van der Waals surface area contributed by atoms with E-state index in [-0.39, 0.29) is 5.78 Å². The van der Waals surface area contributed by atoms with Crippen LogP contribution in [0.5, 0.6) is 0 Å². The van der Waals surface area contributed by atoms with Crippen LogP contribution in [-0.4, -0.2) is 23.8 Å². The summed E-state index contributed by atoms with van der Waals surface area (Å²) in [6, 6.07) is 11.9. The van der Waals surface area contributed by atoms with Crippen LogP contribution in [-0.2, 0) is 19.1 Å². The fourth-order valence-corrected chi connectivity index (χ4v) is 6.05. The van der Waals surface area contributed by atoms with Crippen molar-refractivity contribution in [1.29, 1.82) is 0 Å². The average Bonchev–Trinajstić information content (AvgIpc) is 3.02. The van der Waals surface area contributed by atoms with Crippen molar-refractivity contribution < 1.29 is 18.0 Å². The topological polar surface area (TPSA) is 20.3 Å². The molecule has 0 unspecified atom stereocenters. The van der Waals surface area contributed by atoms with E-state index >= 15 is 0 Å². The number of carbonyl (C=O) groups excluding carboxylic acids is 1. The second-order valence-electron chi connectivity index (χ2n) is 10.6. The van der Waals surface area contributed by atoms with Crippen molar-refractivity contribution in [3.8, 4) is 0 Å². The van der Waals surface area contributed by atoms with E-state index in [0.717, 1.165) is 56.3 Å². The van der Waals surface area contributed by atoms with Gasteiger partial charge in [0, 0.05) is 18.5 Å². The molecule has 5 rings (SSSR count). The number of benzene rings is 2. The maximum atomic E-state index is 13.0. The number of hydrogen-bond donors (Lipinski definition) is 0.